The van der Waals surface area contributed by atoms with E-state index >= 15 is 0 Å². The SMILES string of the molecule is COC(=O)CC[C@@H](C)[C@H]1CC[C@H]2[C@H]3[C@H]([C@H](N=[N+]=[N-])C(=O)[C@]12C)[C@@]1(C)CC[C@@H](OC(C)=O)C[C@H]1C[C@H]3OC(C)=O. The fourth-order valence-corrected chi connectivity index (χ4v) is 9.43. The van der Waals surface area contributed by atoms with Gasteiger partial charge in [0.1, 0.15) is 24.0 Å². The molecule has 0 radical (unpaired) electrons. The van der Waals surface area contributed by atoms with E-state index in [4.69, 9.17) is 14.2 Å². The number of nitrogens with zero attached hydrogens (tertiary/aromatic N) is 3. The van der Waals surface area contributed by atoms with Gasteiger partial charge in [0.25, 0.3) is 0 Å². The first-order chi connectivity index (χ1) is 18.4. The van der Waals surface area contributed by atoms with Crippen LogP contribution in [0.4, 0.5) is 0 Å². The van der Waals surface area contributed by atoms with E-state index in [1.165, 1.54) is 21.0 Å². The predicted molar refractivity (Wildman–Crippen MR) is 141 cm³/mol. The van der Waals surface area contributed by atoms with Crippen LogP contribution in [-0.4, -0.2) is 49.1 Å². The number of methoxy groups -OCH3 is 1. The second kappa shape index (κ2) is 11.1. The van der Waals surface area contributed by atoms with Gasteiger partial charge in [-0.3, -0.25) is 19.2 Å². The molecule has 10 nitrogen and oxygen atoms in total. The summed E-state index contributed by atoms with van der Waals surface area (Å²) in [6.07, 6.45) is 4.56. The van der Waals surface area contributed by atoms with E-state index in [1.807, 2.05) is 6.92 Å². The number of esters is 3. The van der Waals surface area contributed by atoms with Gasteiger partial charge in [-0.25, -0.2) is 0 Å². The number of carbonyl (C=O) groups excluding carboxylic acids is 4. The Balaban J connectivity index is 1.75. The molecule has 0 aliphatic heterocycles. The molecule has 39 heavy (non-hydrogen) atoms. The molecular formula is C29H43N3O7. The zero-order valence-corrected chi connectivity index (χ0v) is 24.1. The number of hydrogen-bond acceptors (Lipinski definition) is 8. The van der Waals surface area contributed by atoms with Crippen molar-refractivity contribution in [2.75, 3.05) is 7.11 Å². The first-order valence-corrected chi connectivity index (χ1v) is 14.4. The molecule has 216 valence electrons. The second-order valence-corrected chi connectivity index (χ2v) is 12.9. The Kier molecular flexibility index (Phi) is 8.36. The molecule has 4 rings (SSSR count). The van der Waals surface area contributed by atoms with Crippen molar-refractivity contribution < 1.29 is 33.4 Å². The molecule has 0 heterocycles. The minimum atomic E-state index is -0.870. The van der Waals surface area contributed by atoms with Crippen molar-refractivity contribution in [1.29, 1.82) is 0 Å². The third kappa shape index (κ3) is 5.05. The van der Waals surface area contributed by atoms with Gasteiger partial charge in [-0.1, -0.05) is 25.9 Å². The van der Waals surface area contributed by atoms with Crippen molar-refractivity contribution in [2.45, 2.75) is 104 Å². The summed E-state index contributed by atoms with van der Waals surface area (Å²) in [5.74, 6) is -1.26. The fraction of sp³-hybridized carbons (Fsp3) is 0.862. The average Bonchev–Trinajstić information content (AvgIpc) is 3.23. The molecule has 0 amide bonds. The fourth-order valence-electron chi connectivity index (χ4n) is 9.43. The van der Waals surface area contributed by atoms with Crippen LogP contribution < -0.4 is 0 Å². The highest BCUT2D eigenvalue weighted by molar-refractivity contribution is 5.92. The van der Waals surface area contributed by atoms with Crippen LogP contribution >= 0.6 is 0 Å². The number of ether oxygens (including phenoxy) is 3. The van der Waals surface area contributed by atoms with E-state index in [1.54, 1.807) is 0 Å². The predicted octanol–water partition coefficient (Wildman–Crippen LogP) is 5.18. The summed E-state index contributed by atoms with van der Waals surface area (Å²) >= 11 is 0. The third-order valence-electron chi connectivity index (χ3n) is 11.1. The van der Waals surface area contributed by atoms with Crippen LogP contribution in [0.1, 0.15) is 86.0 Å². The van der Waals surface area contributed by atoms with Gasteiger partial charge in [0.2, 0.25) is 0 Å². The minimum Gasteiger partial charge on any atom is -0.469 e. The van der Waals surface area contributed by atoms with Crippen LogP contribution in [-0.2, 0) is 33.4 Å². The molecule has 0 spiro atoms. The lowest BCUT2D eigenvalue weighted by molar-refractivity contribution is -0.200. The Morgan fingerprint density at radius 3 is 2.41 bits per heavy atom. The Bertz CT molecular complexity index is 1060. The molecule has 0 N–H and O–H groups in total. The van der Waals surface area contributed by atoms with Gasteiger partial charge < -0.3 is 14.2 Å². The van der Waals surface area contributed by atoms with Crippen LogP contribution in [0.15, 0.2) is 5.11 Å². The summed E-state index contributed by atoms with van der Waals surface area (Å²) in [5.41, 5.74) is 8.55. The maximum absolute atomic E-state index is 14.5. The monoisotopic (exact) mass is 545 g/mol. The summed E-state index contributed by atoms with van der Waals surface area (Å²) in [6.45, 7) is 9.11. The highest BCUT2D eigenvalue weighted by Gasteiger charge is 2.69. The molecule has 11 atom stereocenters. The number of ketones is 1. The van der Waals surface area contributed by atoms with Crippen LogP contribution in [0, 0.1) is 46.3 Å². The minimum absolute atomic E-state index is 0.0141. The molecule has 4 fully saturated rings. The molecule has 0 unspecified atom stereocenters. The van der Waals surface area contributed by atoms with Gasteiger partial charge in [-0.2, -0.15) is 0 Å². The van der Waals surface area contributed by atoms with Gasteiger partial charge in [-0.05, 0) is 85.5 Å². The van der Waals surface area contributed by atoms with E-state index in [9.17, 15) is 24.7 Å². The topological polar surface area (TPSA) is 145 Å². The van der Waals surface area contributed by atoms with Crippen LogP contribution in [0.5, 0.6) is 0 Å². The quantitative estimate of drug-likeness (QED) is 0.141. The molecule has 0 bridgehead atoms. The maximum atomic E-state index is 14.5. The number of Topliss-reactive ketones (excluding diaryl/α,β-unsaturated/α-hetero) is 1. The molecule has 4 saturated carbocycles. The molecule has 0 aromatic rings. The van der Waals surface area contributed by atoms with E-state index in [2.05, 4.69) is 23.9 Å². The molecule has 0 saturated heterocycles. The summed E-state index contributed by atoms with van der Waals surface area (Å²) < 4.78 is 16.4. The summed E-state index contributed by atoms with van der Waals surface area (Å²) in [7, 11) is 1.38. The van der Waals surface area contributed by atoms with Crippen molar-refractivity contribution in [1.82, 2.24) is 0 Å². The van der Waals surface area contributed by atoms with Gasteiger partial charge in [0, 0.05) is 36.5 Å². The van der Waals surface area contributed by atoms with Crippen LogP contribution in [0.3, 0.4) is 0 Å². The van der Waals surface area contributed by atoms with E-state index in [0.29, 0.717) is 25.7 Å². The standard InChI is InChI=1S/C29H43N3O7/c1-15(7-10-23(35)37-6)20-8-9-21-24-22(39-17(3)34)14-18-13-19(38-16(2)33)11-12-28(18,4)25(24)26(31-32-30)27(36)29(20,21)5/h15,18-22,24-26H,7-14H2,1-6H3/t15-,18+,19-,20-,21+,22-,24-,25-,26+,28+,29-/m1/s1. The molecular weight excluding hydrogens is 502 g/mol. The highest BCUT2D eigenvalue weighted by Crippen LogP contribution is 2.68. The molecule has 0 aromatic carbocycles. The highest BCUT2D eigenvalue weighted by atomic mass is 16.5. The average molecular weight is 546 g/mol. The molecule has 4 aliphatic rings. The van der Waals surface area contributed by atoms with E-state index in [0.717, 1.165) is 19.3 Å². The molecule has 0 aromatic heterocycles. The Morgan fingerprint density at radius 1 is 1.10 bits per heavy atom. The van der Waals surface area contributed by atoms with Gasteiger partial charge in [0.15, 0.2) is 0 Å². The summed E-state index contributed by atoms with van der Waals surface area (Å²) in [5, 5.41) is 4.18. The number of hydrogen-bond donors (Lipinski definition) is 0. The number of carbonyl (C=O) groups is 4. The molecule has 4 aliphatic carbocycles. The Labute approximate surface area is 230 Å². The zero-order valence-electron chi connectivity index (χ0n) is 24.1. The number of rotatable bonds is 7. The Hall–Kier alpha value is -2.61. The van der Waals surface area contributed by atoms with Crippen molar-refractivity contribution in [2.24, 2.45) is 51.5 Å². The smallest absolute Gasteiger partial charge is 0.305 e. The maximum Gasteiger partial charge on any atom is 0.305 e. The lowest BCUT2D eigenvalue weighted by atomic mass is 9.42. The Morgan fingerprint density at radius 2 is 1.79 bits per heavy atom. The van der Waals surface area contributed by atoms with E-state index < -0.39 is 17.6 Å². The van der Waals surface area contributed by atoms with Gasteiger partial charge in [-0.15, -0.1) is 0 Å². The lowest BCUT2D eigenvalue weighted by Gasteiger charge is -2.63. The number of fused-ring (bicyclic) bond motifs is 5. The summed E-state index contributed by atoms with van der Waals surface area (Å²) in [4.78, 5) is 53.6. The first-order valence-electron chi connectivity index (χ1n) is 14.4. The van der Waals surface area contributed by atoms with Crippen molar-refractivity contribution in [3.8, 4) is 0 Å². The van der Waals surface area contributed by atoms with Crippen LogP contribution in [0.25, 0.3) is 10.4 Å². The number of azide groups is 1. The van der Waals surface area contributed by atoms with Gasteiger partial charge in [0.05, 0.1) is 7.11 Å². The molecule has 10 heteroatoms. The third-order valence-corrected chi connectivity index (χ3v) is 11.1. The van der Waals surface area contributed by atoms with Gasteiger partial charge >= 0.3 is 17.9 Å². The van der Waals surface area contributed by atoms with Crippen LogP contribution in [0.2, 0.25) is 0 Å². The largest absolute Gasteiger partial charge is 0.469 e. The van der Waals surface area contributed by atoms with E-state index in [-0.39, 0.29) is 77.1 Å². The normalized spacial score (nSPS) is 41.6. The second-order valence-electron chi connectivity index (χ2n) is 12.9. The van der Waals surface area contributed by atoms with Crippen molar-refractivity contribution in [3.05, 3.63) is 10.4 Å². The first kappa shape index (κ1) is 29.4. The summed E-state index contributed by atoms with van der Waals surface area (Å²) in [6, 6.07) is -0.870. The lowest BCUT2D eigenvalue weighted by Crippen LogP contribution is -2.66. The van der Waals surface area contributed by atoms with Crippen molar-refractivity contribution in [3.63, 3.8) is 0 Å². The zero-order chi connectivity index (χ0) is 28.7. The van der Waals surface area contributed by atoms with Crippen molar-refractivity contribution >= 4 is 23.7 Å².